The van der Waals surface area contributed by atoms with Crippen LogP contribution in [0.5, 0.6) is 0 Å². The van der Waals surface area contributed by atoms with Gasteiger partial charge in [0, 0.05) is 17.8 Å². The minimum atomic E-state index is 0.258. The molecule has 0 bridgehead atoms. The second kappa shape index (κ2) is 2.87. The van der Waals surface area contributed by atoms with E-state index in [4.69, 9.17) is 5.41 Å². The molecule has 0 saturated heterocycles. The number of rotatable bonds is 0. The summed E-state index contributed by atoms with van der Waals surface area (Å²) in [5.41, 5.74) is 3.02. The summed E-state index contributed by atoms with van der Waals surface area (Å²) in [5, 5.41) is 7.92. The van der Waals surface area contributed by atoms with Gasteiger partial charge in [-0.25, -0.2) is 0 Å². The number of hydrogen-bond acceptors (Lipinski definition) is 2. The zero-order valence-corrected chi connectivity index (χ0v) is 8.04. The van der Waals surface area contributed by atoms with E-state index < -0.39 is 0 Å². The normalized spacial score (nSPS) is 26.8. The molecule has 1 unspecified atom stereocenters. The second-order valence-electron chi connectivity index (χ2n) is 3.59. The van der Waals surface area contributed by atoms with Crippen LogP contribution in [0.25, 0.3) is 0 Å². The van der Waals surface area contributed by atoms with E-state index in [1.54, 1.807) is 0 Å². The Morgan fingerprint density at radius 2 is 2.31 bits per heavy atom. The maximum absolute atomic E-state index is 7.92. The zero-order valence-electron chi connectivity index (χ0n) is 8.04. The number of nitrogens with zero attached hydrogens (tertiary/aromatic N) is 1. The average molecular weight is 174 g/mol. The molecule has 0 radical (unpaired) electrons. The van der Waals surface area contributed by atoms with Crippen LogP contribution in [0.15, 0.2) is 35.8 Å². The third-order valence-electron chi connectivity index (χ3n) is 2.56. The first-order chi connectivity index (χ1) is 6.20. The number of allylic oxidation sites excluding steroid dienone is 5. The molecular weight excluding hydrogens is 160 g/mol. The minimum Gasteiger partial charge on any atom is -0.320 e. The molecule has 2 aliphatic heterocycles. The van der Waals surface area contributed by atoms with Gasteiger partial charge in [0.05, 0.1) is 11.4 Å². The molecule has 1 atom stereocenters. The quantitative estimate of drug-likeness (QED) is 0.600. The first-order valence-corrected chi connectivity index (χ1v) is 4.63. The van der Waals surface area contributed by atoms with Crippen molar-refractivity contribution in [2.45, 2.75) is 20.3 Å². The van der Waals surface area contributed by atoms with Crippen molar-refractivity contribution < 1.29 is 0 Å². The van der Waals surface area contributed by atoms with Crippen LogP contribution in [-0.4, -0.2) is 10.6 Å². The Balaban J connectivity index is 2.45. The van der Waals surface area contributed by atoms with Gasteiger partial charge in [0.2, 0.25) is 0 Å². The third-order valence-corrected chi connectivity index (χ3v) is 2.56. The van der Waals surface area contributed by atoms with Crippen molar-refractivity contribution in [2.75, 3.05) is 0 Å². The minimum absolute atomic E-state index is 0.258. The highest BCUT2D eigenvalue weighted by Gasteiger charge is 2.24. The van der Waals surface area contributed by atoms with Gasteiger partial charge in [-0.15, -0.1) is 0 Å². The van der Waals surface area contributed by atoms with Crippen LogP contribution in [0.2, 0.25) is 0 Å². The molecule has 0 fully saturated rings. The molecule has 0 aromatic heterocycles. The van der Waals surface area contributed by atoms with Crippen molar-refractivity contribution in [3.05, 3.63) is 35.8 Å². The molecule has 68 valence electrons. The van der Waals surface area contributed by atoms with Crippen LogP contribution in [0.1, 0.15) is 20.3 Å². The van der Waals surface area contributed by atoms with Gasteiger partial charge in [0.15, 0.2) is 0 Å². The predicted molar refractivity (Wildman–Crippen MR) is 54.3 cm³/mol. The Morgan fingerprint density at radius 1 is 1.54 bits per heavy atom. The van der Waals surface area contributed by atoms with E-state index in [0.29, 0.717) is 0 Å². The molecular formula is C11H14N2. The molecule has 2 heteroatoms. The van der Waals surface area contributed by atoms with Crippen molar-refractivity contribution in [3.8, 4) is 0 Å². The van der Waals surface area contributed by atoms with Gasteiger partial charge < -0.3 is 10.3 Å². The van der Waals surface area contributed by atoms with Crippen LogP contribution in [0.3, 0.4) is 0 Å². The number of hydrogen-bond donors (Lipinski definition) is 1. The molecule has 0 aromatic rings. The largest absolute Gasteiger partial charge is 0.320 e. The monoisotopic (exact) mass is 174 g/mol. The van der Waals surface area contributed by atoms with Crippen molar-refractivity contribution in [1.29, 1.82) is 5.41 Å². The van der Waals surface area contributed by atoms with Gasteiger partial charge in [-0.1, -0.05) is 25.2 Å². The fraction of sp³-hybridized carbons (Fsp3) is 0.364. The molecule has 0 amide bonds. The summed E-state index contributed by atoms with van der Waals surface area (Å²) < 4.78 is 0. The fourth-order valence-electron chi connectivity index (χ4n) is 1.83. The highest BCUT2D eigenvalue weighted by atomic mass is 15.1. The Bertz CT molecular complexity index is 334. The molecule has 0 aromatic carbocycles. The maximum Gasteiger partial charge on any atom is 0.0629 e. The predicted octanol–water partition coefficient (Wildman–Crippen LogP) is 2.66. The third kappa shape index (κ3) is 1.22. The van der Waals surface area contributed by atoms with Crippen LogP contribution in [-0.2, 0) is 0 Å². The van der Waals surface area contributed by atoms with Crippen LogP contribution < -0.4 is 0 Å². The molecule has 1 N–H and O–H groups in total. The number of nitrogens with one attached hydrogen (secondary N) is 1. The van der Waals surface area contributed by atoms with E-state index in [1.807, 2.05) is 0 Å². The van der Waals surface area contributed by atoms with E-state index >= 15 is 0 Å². The molecule has 13 heavy (non-hydrogen) atoms. The lowest BCUT2D eigenvalue weighted by Crippen LogP contribution is -2.30. The van der Waals surface area contributed by atoms with Crippen molar-refractivity contribution in [2.24, 2.45) is 5.92 Å². The van der Waals surface area contributed by atoms with Crippen LogP contribution in [0, 0.1) is 11.3 Å². The lowest BCUT2D eigenvalue weighted by Gasteiger charge is -2.33. The summed E-state index contributed by atoms with van der Waals surface area (Å²) in [6, 6.07) is 0. The van der Waals surface area contributed by atoms with E-state index in [-0.39, 0.29) is 5.92 Å². The molecule has 0 spiro atoms. The summed E-state index contributed by atoms with van der Waals surface area (Å²) in [6.45, 7) is 4.16. The van der Waals surface area contributed by atoms with Gasteiger partial charge in [-0.05, 0) is 13.3 Å². The van der Waals surface area contributed by atoms with Gasteiger partial charge in [0.1, 0.15) is 0 Å². The van der Waals surface area contributed by atoms with E-state index in [0.717, 1.165) is 17.8 Å². The van der Waals surface area contributed by atoms with Crippen molar-refractivity contribution in [3.63, 3.8) is 0 Å². The topological polar surface area (TPSA) is 27.1 Å². The van der Waals surface area contributed by atoms with Crippen molar-refractivity contribution >= 4 is 5.71 Å². The zero-order chi connectivity index (χ0) is 9.42. The molecule has 0 aliphatic carbocycles. The molecule has 0 saturated carbocycles. The van der Waals surface area contributed by atoms with Gasteiger partial charge in [0.25, 0.3) is 0 Å². The summed E-state index contributed by atoms with van der Waals surface area (Å²) >= 11 is 0. The Morgan fingerprint density at radius 3 is 3.08 bits per heavy atom. The summed E-state index contributed by atoms with van der Waals surface area (Å²) in [4.78, 5) is 2.09. The van der Waals surface area contributed by atoms with Crippen LogP contribution >= 0.6 is 0 Å². The lowest BCUT2D eigenvalue weighted by molar-refractivity contribution is 0.560. The lowest BCUT2D eigenvalue weighted by atomic mass is 9.94. The van der Waals surface area contributed by atoms with E-state index in [1.165, 1.54) is 5.70 Å². The average Bonchev–Trinajstić information content (AvgIpc) is 2.15. The highest BCUT2D eigenvalue weighted by Crippen LogP contribution is 2.28. The maximum atomic E-state index is 7.92. The summed E-state index contributed by atoms with van der Waals surface area (Å²) in [5.74, 6) is 0.258. The Labute approximate surface area is 78.8 Å². The van der Waals surface area contributed by atoms with Crippen molar-refractivity contribution in [1.82, 2.24) is 4.90 Å². The summed E-state index contributed by atoms with van der Waals surface area (Å²) in [6.07, 6.45) is 9.38. The smallest absolute Gasteiger partial charge is 0.0629 e. The molecule has 2 nitrogen and oxygen atoms in total. The fourth-order valence-corrected chi connectivity index (χ4v) is 1.83. The molecule has 2 heterocycles. The highest BCUT2D eigenvalue weighted by molar-refractivity contribution is 6.01. The van der Waals surface area contributed by atoms with Gasteiger partial charge in [-0.3, -0.25) is 0 Å². The van der Waals surface area contributed by atoms with E-state index in [2.05, 4.69) is 43.2 Å². The Kier molecular flexibility index (Phi) is 1.83. The molecule has 2 rings (SSSR count). The first-order valence-electron chi connectivity index (χ1n) is 4.63. The number of fused-ring (bicyclic) bond motifs is 1. The van der Waals surface area contributed by atoms with Crippen LogP contribution in [0.4, 0.5) is 0 Å². The molecule has 2 aliphatic rings. The summed E-state index contributed by atoms with van der Waals surface area (Å²) in [7, 11) is 0. The van der Waals surface area contributed by atoms with Gasteiger partial charge in [-0.2, -0.15) is 0 Å². The first kappa shape index (κ1) is 8.30. The van der Waals surface area contributed by atoms with Gasteiger partial charge >= 0.3 is 0 Å². The van der Waals surface area contributed by atoms with E-state index in [9.17, 15) is 0 Å². The standard InChI is InChI=1S/C11H14N2/c1-8-7-9(2)13-6-4-3-5-10(13)11(8)12/h4-8,12H,3H2,1-2H3. The SMILES string of the molecule is CC1=CC(C)C(=N)C2=CCC=CN12. The second-order valence-corrected chi connectivity index (χ2v) is 3.59. The Hall–Kier alpha value is -1.31.